The second kappa shape index (κ2) is 5.71. The summed E-state index contributed by atoms with van der Waals surface area (Å²) in [5, 5.41) is 7.96. The SMILES string of the molecule is CN(Cc1ccccn1)c1ccc(C(=N)N)cc1Cl. The number of anilines is 1. The summed E-state index contributed by atoms with van der Waals surface area (Å²) in [5.74, 6) is 0.0147. The number of hydrogen-bond acceptors (Lipinski definition) is 3. The number of nitrogens with zero attached hydrogens (tertiary/aromatic N) is 2. The molecule has 0 spiro atoms. The van der Waals surface area contributed by atoms with Crippen molar-refractivity contribution in [2.24, 2.45) is 5.73 Å². The van der Waals surface area contributed by atoms with Crippen molar-refractivity contribution in [3.63, 3.8) is 0 Å². The zero-order valence-electron chi connectivity index (χ0n) is 10.6. The summed E-state index contributed by atoms with van der Waals surface area (Å²) >= 11 is 6.22. The number of aromatic nitrogens is 1. The Hall–Kier alpha value is -2.07. The minimum Gasteiger partial charge on any atom is -0.384 e. The van der Waals surface area contributed by atoms with Gasteiger partial charge in [-0.05, 0) is 30.3 Å². The first-order chi connectivity index (χ1) is 9.08. The molecule has 1 heterocycles. The van der Waals surface area contributed by atoms with Crippen LogP contribution in [0.4, 0.5) is 5.69 Å². The summed E-state index contributed by atoms with van der Waals surface area (Å²) in [6, 6.07) is 11.2. The maximum absolute atomic E-state index is 7.38. The number of nitrogens with one attached hydrogen (secondary N) is 1. The fraction of sp³-hybridized carbons (Fsp3) is 0.143. The van der Waals surface area contributed by atoms with Gasteiger partial charge in [0.05, 0.1) is 22.9 Å². The van der Waals surface area contributed by atoms with Crippen LogP contribution in [0.3, 0.4) is 0 Å². The van der Waals surface area contributed by atoms with Gasteiger partial charge >= 0.3 is 0 Å². The molecule has 0 aliphatic heterocycles. The van der Waals surface area contributed by atoms with Crippen molar-refractivity contribution in [1.82, 2.24) is 4.98 Å². The molecule has 0 saturated carbocycles. The molecule has 2 aromatic rings. The molecule has 1 aromatic heterocycles. The Bertz CT molecular complexity index is 583. The second-order valence-electron chi connectivity index (χ2n) is 4.26. The molecule has 0 radical (unpaired) electrons. The number of benzene rings is 1. The van der Waals surface area contributed by atoms with Crippen LogP contribution in [0.15, 0.2) is 42.6 Å². The van der Waals surface area contributed by atoms with Crippen LogP contribution in [-0.2, 0) is 6.54 Å². The Kier molecular flexibility index (Phi) is 4.02. The lowest BCUT2D eigenvalue weighted by molar-refractivity contribution is 0.885. The molecule has 19 heavy (non-hydrogen) atoms. The maximum atomic E-state index is 7.38. The Morgan fingerprint density at radius 3 is 2.74 bits per heavy atom. The molecule has 0 bridgehead atoms. The summed E-state index contributed by atoms with van der Waals surface area (Å²) in [7, 11) is 1.95. The summed E-state index contributed by atoms with van der Waals surface area (Å²) in [4.78, 5) is 6.29. The van der Waals surface area contributed by atoms with Crippen LogP contribution in [0.25, 0.3) is 0 Å². The molecule has 3 N–H and O–H groups in total. The highest BCUT2D eigenvalue weighted by molar-refractivity contribution is 6.33. The monoisotopic (exact) mass is 274 g/mol. The van der Waals surface area contributed by atoms with E-state index in [0.717, 1.165) is 11.4 Å². The van der Waals surface area contributed by atoms with E-state index in [1.807, 2.05) is 36.2 Å². The minimum absolute atomic E-state index is 0.0147. The number of halogens is 1. The number of amidine groups is 1. The normalized spacial score (nSPS) is 10.2. The molecule has 4 nitrogen and oxygen atoms in total. The highest BCUT2D eigenvalue weighted by Crippen LogP contribution is 2.26. The van der Waals surface area contributed by atoms with Gasteiger partial charge in [0.25, 0.3) is 0 Å². The smallest absolute Gasteiger partial charge is 0.122 e. The van der Waals surface area contributed by atoms with Gasteiger partial charge in [0.1, 0.15) is 5.84 Å². The van der Waals surface area contributed by atoms with Crippen molar-refractivity contribution in [3.8, 4) is 0 Å². The lowest BCUT2D eigenvalue weighted by Gasteiger charge is -2.20. The molecule has 1 aromatic carbocycles. The number of rotatable bonds is 4. The van der Waals surface area contributed by atoms with Gasteiger partial charge in [0.15, 0.2) is 0 Å². The molecule has 0 atom stereocenters. The van der Waals surface area contributed by atoms with Crippen LogP contribution in [0.5, 0.6) is 0 Å². The third-order valence-electron chi connectivity index (χ3n) is 2.80. The van der Waals surface area contributed by atoms with E-state index >= 15 is 0 Å². The van der Waals surface area contributed by atoms with Gasteiger partial charge in [-0.3, -0.25) is 10.4 Å². The lowest BCUT2D eigenvalue weighted by atomic mass is 10.2. The van der Waals surface area contributed by atoms with E-state index in [1.165, 1.54) is 0 Å². The van der Waals surface area contributed by atoms with Crippen LogP contribution in [0, 0.1) is 5.41 Å². The van der Waals surface area contributed by atoms with Gasteiger partial charge < -0.3 is 10.6 Å². The highest BCUT2D eigenvalue weighted by atomic mass is 35.5. The highest BCUT2D eigenvalue weighted by Gasteiger charge is 2.09. The van der Waals surface area contributed by atoms with Gasteiger partial charge in [-0.1, -0.05) is 17.7 Å². The van der Waals surface area contributed by atoms with Gasteiger partial charge in [-0.15, -0.1) is 0 Å². The summed E-state index contributed by atoms with van der Waals surface area (Å²) in [5.41, 5.74) is 7.91. The first kappa shape index (κ1) is 13.4. The van der Waals surface area contributed by atoms with Crippen LogP contribution in [0.2, 0.25) is 5.02 Å². The molecule has 0 aliphatic rings. The Labute approximate surface area is 117 Å². The van der Waals surface area contributed by atoms with E-state index in [-0.39, 0.29) is 5.84 Å². The first-order valence-electron chi connectivity index (χ1n) is 5.83. The summed E-state index contributed by atoms with van der Waals surface area (Å²) in [6.07, 6.45) is 1.77. The predicted molar refractivity (Wildman–Crippen MR) is 78.8 cm³/mol. The Morgan fingerprint density at radius 1 is 1.37 bits per heavy atom. The lowest BCUT2D eigenvalue weighted by Crippen LogP contribution is -2.18. The van der Waals surface area contributed by atoms with Crippen molar-refractivity contribution in [2.45, 2.75) is 6.54 Å². The van der Waals surface area contributed by atoms with E-state index in [4.69, 9.17) is 22.7 Å². The van der Waals surface area contributed by atoms with Crippen LogP contribution < -0.4 is 10.6 Å². The fourth-order valence-electron chi connectivity index (χ4n) is 1.80. The quantitative estimate of drug-likeness (QED) is 0.665. The first-order valence-corrected chi connectivity index (χ1v) is 6.20. The van der Waals surface area contributed by atoms with Crippen molar-refractivity contribution in [3.05, 3.63) is 58.9 Å². The topological polar surface area (TPSA) is 66.0 Å². The zero-order chi connectivity index (χ0) is 13.8. The van der Waals surface area contributed by atoms with Crippen LogP contribution in [-0.4, -0.2) is 17.9 Å². The minimum atomic E-state index is 0.0147. The maximum Gasteiger partial charge on any atom is 0.122 e. The van der Waals surface area contributed by atoms with E-state index in [0.29, 0.717) is 17.1 Å². The second-order valence-corrected chi connectivity index (χ2v) is 4.66. The van der Waals surface area contributed by atoms with Crippen LogP contribution in [0.1, 0.15) is 11.3 Å². The standard InChI is InChI=1S/C14H15ClN4/c1-19(9-11-4-2-3-7-18-11)13-6-5-10(14(16)17)8-12(13)15/h2-8H,9H2,1H3,(H3,16,17). The summed E-state index contributed by atoms with van der Waals surface area (Å²) < 4.78 is 0. The number of nitrogen functional groups attached to an aromatic ring is 1. The van der Waals surface area contributed by atoms with Gasteiger partial charge in [0, 0.05) is 18.8 Å². The number of pyridine rings is 1. The molecule has 0 unspecified atom stereocenters. The van der Waals surface area contributed by atoms with Crippen LogP contribution >= 0.6 is 11.6 Å². The molecular formula is C14H15ClN4. The Balaban J connectivity index is 2.20. The number of hydrogen-bond donors (Lipinski definition) is 2. The molecule has 0 saturated heterocycles. The molecule has 0 fully saturated rings. The molecule has 0 aliphatic carbocycles. The van der Waals surface area contributed by atoms with Crippen molar-refractivity contribution >= 4 is 23.1 Å². The average Bonchev–Trinajstić information content (AvgIpc) is 2.39. The molecule has 2 rings (SSSR count). The number of nitrogens with two attached hydrogens (primary N) is 1. The van der Waals surface area contributed by atoms with Gasteiger partial charge in [0.2, 0.25) is 0 Å². The molecule has 0 amide bonds. The molecule has 5 heteroatoms. The fourth-order valence-corrected chi connectivity index (χ4v) is 2.13. The van der Waals surface area contributed by atoms with Crippen molar-refractivity contribution in [2.75, 3.05) is 11.9 Å². The molecular weight excluding hydrogens is 260 g/mol. The van der Waals surface area contributed by atoms with E-state index in [1.54, 1.807) is 18.3 Å². The average molecular weight is 275 g/mol. The zero-order valence-corrected chi connectivity index (χ0v) is 11.4. The predicted octanol–water partition coefficient (Wildman–Crippen LogP) is 2.66. The van der Waals surface area contributed by atoms with E-state index < -0.39 is 0 Å². The van der Waals surface area contributed by atoms with E-state index in [9.17, 15) is 0 Å². The third-order valence-corrected chi connectivity index (χ3v) is 3.10. The van der Waals surface area contributed by atoms with Crippen molar-refractivity contribution < 1.29 is 0 Å². The largest absolute Gasteiger partial charge is 0.384 e. The molecule has 98 valence electrons. The van der Waals surface area contributed by atoms with Gasteiger partial charge in [-0.25, -0.2) is 0 Å². The third kappa shape index (κ3) is 3.23. The van der Waals surface area contributed by atoms with Crippen molar-refractivity contribution in [1.29, 1.82) is 5.41 Å². The summed E-state index contributed by atoms with van der Waals surface area (Å²) in [6.45, 7) is 0.667. The van der Waals surface area contributed by atoms with Gasteiger partial charge in [-0.2, -0.15) is 0 Å². The Morgan fingerprint density at radius 2 is 2.16 bits per heavy atom. The van der Waals surface area contributed by atoms with E-state index in [2.05, 4.69) is 4.98 Å².